The molecule has 1 N–H and O–H groups in total. The second kappa shape index (κ2) is 6.12. The molecule has 0 bridgehead atoms. The van der Waals surface area contributed by atoms with Crippen molar-refractivity contribution < 1.29 is 9.53 Å². The van der Waals surface area contributed by atoms with E-state index in [-0.39, 0.29) is 12.0 Å². The number of nitrogens with zero attached hydrogens (tertiary/aromatic N) is 1. The van der Waals surface area contributed by atoms with Gasteiger partial charge in [-0.3, -0.25) is 4.79 Å². The van der Waals surface area contributed by atoms with Crippen LogP contribution < -0.4 is 5.32 Å². The van der Waals surface area contributed by atoms with Gasteiger partial charge in [0.25, 0.3) is 0 Å². The largest absolute Gasteiger partial charge is 0.378 e. The summed E-state index contributed by atoms with van der Waals surface area (Å²) in [5.74, 6) is 0.530. The maximum Gasteiger partial charge on any atom is 0.228 e. The van der Waals surface area contributed by atoms with E-state index in [9.17, 15) is 4.79 Å². The van der Waals surface area contributed by atoms with Crippen LogP contribution in [0.25, 0.3) is 0 Å². The number of nitrogens with one attached hydrogen (secondary N) is 1. The van der Waals surface area contributed by atoms with Crippen LogP contribution in [0.3, 0.4) is 0 Å². The number of carbonyl (C=O) groups excluding carboxylic acids is 1. The third-order valence-electron chi connectivity index (χ3n) is 2.67. The molecule has 1 aliphatic rings. The first kappa shape index (κ1) is 12.5. The van der Waals surface area contributed by atoms with Crippen LogP contribution in [0.1, 0.15) is 25.7 Å². The summed E-state index contributed by atoms with van der Waals surface area (Å²) in [6.07, 6.45) is 3.70. The molecule has 1 aromatic heterocycles. The minimum absolute atomic E-state index is 0.0394. The maximum atomic E-state index is 11.7. The van der Waals surface area contributed by atoms with E-state index in [0.717, 1.165) is 25.9 Å². The number of pyridine rings is 1. The summed E-state index contributed by atoms with van der Waals surface area (Å²) in [5, 5.41) is 2.77. The molecule has 1 saturated heterocycles. The lowest BCUT2D eigenvalue weighted by atomic mass is 10.1. The highest BCUT2D eigenvalue weighted by molar-refractivity contribution is 9.10. The third kappa shape index (κ3) is 4.09. The van der Waals surface area contributed by atoms with E-state index in [1.54, 1.807) is 6.07 Å². The van der Waals surface area contributed by atoms with Crippen LogP contribution in [0.4, 0.5) is 5.82 Å². The number of anilines is 1. The van der Waals surface area contributed by atoms with Gasteiger partial charge in [-0.15, -0.1) is 0 Å². The summed E-state index contributed by atoms with van der Waals surface area (Å²) in [4.78, 5) is 15.9. The van der Waals surface area contributed by atoms with E-state index in [2.05, 4.69) is 26.2 Å². The van der Waals surface area contributed by atoms with Crippen molar-refractivity contribution in [2.75, 3.05) is 11.9 Å². The lowest BCUT2D eigenvalue weighted by Crippen LogP contribution is -2.25. The Balaban J connectivity index is 1.84. The predicted molar refractivity (Wildman–Crippen MR) is 68.8 cm³/mol. The molecule has 1 aliphatic heterocycles. The number of amides is 1. The molecule has 1 atom stereocenters. The molecule has 0 spiro atoms. The van der Waals surface area contributed by atoms with Crippen molar-refractivity contribution in [1.29, 1.82) is 0 Å². The number of ether oxygens (including phenoxy) is 1. The third-order valence-corrected chi connectivity index (χ3v) is 3.11. The Morgan fingerprint density at radius 2 is 2.41 bits per heavy atom. The van der Waals surface area contributed by atoms with Gasteiger partial charge in [-0.2, -0.15) is 0 Å². The van der Waals surface area contributed by atoms with Crippen LogP contribution in [0.2, 0.25) is 0 Å². The molecule has 92 valence electrons. The van der Waals surface area contributed by atoms with E-state index in [1.165, 1.54) is 0 Å². The quantitative estimate of drug-likeness (QED) is 0.873. The lowest BCUT2D eigenvalue weighted by molar-refractivity contribution is -0.119. The summed E-state index contributed by atoms with van der Waals surface area (Å²) in [7, 11) is 0. The van der Waals surface area contributed by atoms with Crippen LogP contribution in [-0.4, -0.2) is 23.6 Å². The standard InChI is InChI=1S/C12H15BrN2O2/c13-10-5-3-6-11(14-10)15-12(16)8-9-4-1-2-7-17-9/h3,5-6,9H,1-2,4,7-8H2,(H,14,15,16). The Labute approximate surface area is 109 Å². The van der Waals surface area contributed by atoms with Crippen molar-refractivity contribution in [3.05, 3.63) is 22.8 Å². The van der Waals surface area contributed by atoms with Crippen molar-refractivity contribution in [2.45, 2.75) is 31.8 Å². The van der Waals surface area contributed by atoms with Crippen molar-refractivity contribution in [1.82, 2.24) is 4.98 Å². The predicted octanol–water partition coefficient (Wildman–Crippen LogP) is 2.74. The normalized spacial score (nSPS) is 19.9. The fourth-order valence-corrected chi connectivity index (χ4v) is 2.19. The van der Waals surface area contributed by atoms with Crippen molar-refractivity contribution in [2.24, 2.45) is 0 Å². The van der Waals surface area contributed by atoms with Crippen molar-refractivity contribution in [3.63, 3.8) is 0 Å². The first-order valence-electron chi connectivity index (χ1n) is 5.78. The zero-order chi connectivity index (χ0) is 12.1. The van der Waals surface area contributed by atoms with E-state index >= 15 is 0 Å². The zero-order valence-corrected chi connectivity index (χ0v) is 11.1. The number of halogens is 1. The van der Waals surface area contributed by atoms with Crippen LogP contribution in [0.15, 0.2) is 22.8 Å². The highest BCUT2D eigenvalue weighted by Crippen LogP contribution is 2.16. The molecule has 2 heterocycles. The summed E-state index contributed by atoms with van der Waals surface area (Å²) >= 11 is 3.26. The number of hydrogen-bond donors (Lipinski definition) is 1. The van der Waals surface area contributed by atoms with Gasteiger partial charge in [-0.25, -0.2) is 4.98 Å². The number of aromatic nitrogens is 1. The summed E-state index contributed by atoms with van der Waals surface area (Å²) in [6, 6.07) is 5.42. The molecule has 0 saturated carbocycles. The van der Waals surface area contributed by atoms with Crippen LogP contribution >= 0.6 is 15.9 Å². The first-order valence-corrected chi connectivity index (χ1v) is 6.57. The van der Waals surface area contributed by atoms with Gasteiger partial charge in [0.05, 0.1) is 12.5 Å². The molecule has 1 unspecified atom stereocenters. The van der Waals surface area contributed by atoms with E-state index in [1.807, 2.05) is 12.1 Å². The molecule has 0 aromatic carbocycles. The Kier molecular flexibility index (Phi) is 4.50. The van der Waals surface area contributed by atoms with Gasteiger partial charge in [0, 0.05) is 6.61 Å². The second-order valence-corrected chi connectivity index (χ2v) is 4.90. The molecule has 1 fully saturated rings. The molecule has 5 heteroatoms. The average Bonchev–Trinajstić information content (AvgIpc) is 2.30. The molecule has 0 aliphatic carbocycles. The average molecular weight is 299 g/mol. The Morgan fingerprint density at radius 3 is 3.12 bits per heavy atom. The SMILES string of the molecule is O=C(CC1CCCCO1)Nc1cccc(Br)n1. The fourth-order valence-electron chi connectivity index (χ4n) is 1.85. The van der Waals surface area contributed by atoms with Gasteiger partial charge in [-0.1, -0.05) is 6.07 Å². The molecule has 4 nitrogen and oxygen atoms in total. The van der Waals surface area contributed by atoms with Crippen molar-refractivity contribution in [3.8, 4) is 0 Å². The lowest BCUT2D eigenvalue weighted by Gasteiger charge is -2.21. The highest BCUT2D eigenvalue weighted by Gasteiger charge is 2.17. The number of hydrogen-bond acceptors (Lipinski definition) is 3. The second-order valence-electron chi connectivity index (χ2n) is 4.09. The Bertz CT molecular complexity index is 392. The van der Waals surface area contributed by atoms with E-state index in [4.69, 9.17) is 4.74 Å². The highest BCUT2D eigenvalue weighted by atomic mass is 79.9. The van der Waals surface area contributed by atoms with Crippen LogP contribution in [-0.2, 0) is 9.53 Å². The van der Waals surface area contributed by atoms with Gasteiger partial charge in [0.2, 0.25) is 5.91 Å². The molecule has 1 amide bonds. The monoisotopic (exact) mass is 298 g/mol. The molecule has 0 radical (unpaired) electrons. The molecular formula is C12H15BrN2O2. The summed E-state index contributed by atoms with van der Waals surface area (Å²) in [5.41, 5.74) is 0. The smallest absolute Gasteiger partial charge is 0.228 e. The summed E-state index contributed by atoms with van der Waals surface area (Å²) in [6.45, 7) is 0.771. The number of carbonyl (C=O) groups is 1. The Morgan fingerprint density at radius 1 is 1.53 bits per heavy atom. The fraction of sp³-hybridized carbons (Fsp3) is 0.500. The van der Waals surface area contributed by atoms with E-state index < -0.39 is 0 Å². The Hall–Kier alpha value is -0.940. The molecular weight excluding hydrogens is 284 g/mol. The van der Waals surface area contributed by atoms with Gasteiger partial charge in [0.15, 0.2) is 0 Å². The topological polar surface area (TPSA) is 51.2 Å². The van der Waals surface area contributed by atoms with Gasteiger partial charge >= 0.3 is 0 Å². The van der Waals surface area contributed by atoms with Crippen LogP contribution in [0.5, 0.6) is 0 Å². The van der Waals surface area contributed by atoms with Crippen molar-refractivity contribution >= 4 is 27.7 Å². The number of rotatable bonds is 3. The molecule has 1 aromatic rings. The van der Waals surface area contributed by atoms with Gasteiger partial charge < -0.3 is 10.1 Å². The molecule has 17 heavy (non-hydrogen) atoms. The minimum atomic E-state index is -0.0394. The van der Waals surface area contributed by atoms with Gasteiger partial charge in [-0.05, 0) is 47.3 Å². The van der Waals surface area contributed by atoms with Crippen LogP contribution in [0, 0.1) is 0 Å². The molecule has 2 rings (SSSR count). The minimum Gasteiger partial charge on any atom is -0.378 e. The van der Waals surface area contributed by atoms with E-state index in [0.29, 0.717) is 16.8 Å². The zero-order valence-electron chi connectivity index (χ0n) is 9.49. The van der Waals surface area contributed by atoms with Gasteiger partial charge in [0.1, 0.15) is 10.4 Å². The maximum absolute atomic E-state index is 11.7. The first-order chi connectivity index (χ1) is 8.24. The summed E-state index contributed by atoms with van der Waals surface area (Å²) < 4.78 is 6.23.